The first-order chi connectivity index (χ1) is 4.79. The first kappa shape index (κ1) is 6.93. The highest BCUT2D eigenvalue weighted by Gasteiger charge is 1.93. The lowest BCUT2D eigenvalue weighted by Crippen LogP contribution is -2.03. The summed E-state index contributed by atoms with van der Waals surface area (Å²) in [6, 6.07) is 0. The second-order valence-electron chi connectivity index (χ2n) is 2.30. The molecule has 0 aliphatic carbocycles. The van der Waals surface area contributed by atoms with Crippen molar-refractivity contribution in [3.63, 3.8) is 0 Å². The zero-order valence-electron chi connectivity index (χ0n) is 6.24. The summed E-state index contributed by atoms with van der Waals surface area (Å²) in [5.74, 6) is 0.868. The number of hydrogen-bond acceptors (Lipinski definition) is 2. The third-order valence-electron chi connectivity index (χ3n) is 1.04. The van der Waals surface area contributed by atoms with E-state index >= 15 is 0 Å². The van der Waals surface area contributed by atoms with Crippen molar-refractivity contribution in [3.05, 3.63) is 36.4 Å². The predicted octanol–water partition coefficient (Wildman–Crippen LogP) is 1.49. The van der Waals surface area contributed by atoms with Crippen LogP contribution in [0.15, 0.2) is 36.4 Å². The molecule has 0 atom stereocenters. The average molecular weight is 137 g/mol. The van der Waals surface area contributed by atoms with Crippen molar-refractivity contribution in [2.75, 3.05) is 14.1 Å². The summed E-state index contributed by atoms with van der Waals surface area (Å²) in [6.45, 7) is 0. The van der Waals surface area contributed by atoms with Gasteiger partial charge < -0.3 is 9.64 Å². The Morgan fingerprint density at radius 3 is 2.70 bits per heavy atom. The molecule has 1 rings (SSSR count). The fourth-order valence-corrected chi connectivity index (χ4v) is 0.681. The van der Waals surface area contributed by atoms with Crippen molar-refractivity contribution in [2.45, 2.75) is 0 Å². The summed E-state index contributed by atoms with van der Waals surface area (Å²) in [4.78, 5) is 1.94. The number of allylic oxidation sites excluding steroid dienone is 3. The molecule has 0 amide bonds. The minimum absolute atomic E-state index is 0.868. The van der Waals surface area contributed by atoms with E-state index in [1.54, 1.807) is 6.26 Å². The van der Waals surface area contributed by atoms with Gasteiger partial charge in [-0.05, 0) is 12.2 Å². The number of rotatable bonds is 1. The Morgan fingerprint density at radius 2 is 2.20 bits per heavy atom. The molecule has 0 aromatic heterocycles. The van der Waals surface area contributed by atoms with Gasteiger partial charge >= 0.3 is 0 Å². The summed E-state index contributed by atoms with van der Waals surface area (Å²) in [7, 11) is 3.92. The highest BCUT2D eigenvalue weighted by molar-refractivity contribution is 5.20. The predicted molar refractivity (Wildman–Crippen MR) is 41.1 cm³/mol. The Morgan fingerprint density at radius 1 is 1.40 bits per heavy atom. The Kier molecular flexibility index (Phi) is 2.15. The second kappa shape index (κ2) is 3.11. The van der Waals surface area contributed by atoms with Crippen LogP contribution >= 0.6 is 0 Å². The van der Waals surface area contributed by atoms with Gasteiger partial charge in [-0.3, -0.25) is 0 Å². The van der Waals surface area contributed by atoms with E-state index in [9.17, 15) is 0 Å². The molecule has 0 unspecified atom stereocenters. The maximum atomic E-state index is 5.14. The smallest absolute Gasteiger partial charge is 0.142 e. The third kappa shape index (κ3) is 1.97. The molecule has 2 nitrogen and oxygen atoms in total. The zero-order valence-corrected chi connectivity index (χ0v) is 6.24. The van der Waals surface area contributed by atoms with Crippen LogP contribution in [0.2, 0.25) is 0 Å². The molecule has 1 heterocycles. The SMILES string of the molecule is CN(C)/C=C1\C=CC=CO1. The van der Waals surface area contributed by atoms with Crippen LogP contribution in [0.25, 0.3) is 0 Å². The number of hydrogen-bond donors (Lipinski definition) is 0. The Bertz CT molecular complexity index is 189. The standard InChI is InChI=1S/C8H11NO/c1-9(2)7-8-5-3-4-6-10-8/h3-7H,1-2H3/b8-7+. The van der Waals surface area contributed by atoms with Gasteiger partial charge in [0, 0.05) is 20.3 Å². The molecular formula is C8H11NO. The normalized spacial score (nSPS) is 19.2. The van der Waals surface area contributed by atoms with Gasteiger partial charge in [-0.15, -0.1) is 0 Å². The minimum atomic E-state index is 0.868. The van der Waals surface area contributed by atoms with E-state index in [0.29, 0.717) is 0 Å². The molecule has 0 bridgehead atoms. The summed E-state index contributed by atoms with van der Waals surface area (Å²) in [5.41, 5.74) is 0. The molecule has 0 N–H and O–H groups in total. The van der Waals surface area contributed by atoms with Crippen molar-refractivity contribution in [2.24, 2.45) is 0 Å². The van der Waals surface area contributed by atoms with Crippen LogP contribution in [0.3, 0.4) is 0 Å². The van der Waals surface area contributed by atoms with E-state index in [2.05, 4.69) is 0 Å². The summed E-state index contributed by atoms with van der Waals surface area (Å²) in [5, 5.41) is 0. The van der Waals surface area contributed by atoms with Crippen molar-refractivity contribution in [1.29, 1.82) is 0 Å². The van der Waals surface area contributed by atoms with E-state index in [1.807, 2.05) is 43.4 Å². The van der Waals surface area contributed by atoms with Crippen LogP contribution in [0.5, 0.6) is 0 Å². The molecular weight excluding hydrogens is 126 g/mol. The third-order valence-corrected chi connectivity index (χ3v) is 1.04. The quantitative estimate of drug-likeness (QED) is 0.543. The van der Waals surface area contributed by atoms with E-state index in [4.69, 9.17) is 4.74 Å². The summed E-state index contributed by atoms with van der Waals surface area (Å²) < 4.78 is 5.14. The zero-order chi connectivity index (χ0) is 7.40. The van der Waals surface area contributed by atoms with E-state index < -0.39 is 0 Å². The van der Waals surface area contributed by atoms with Gasteiger partial charge in [0.25, 0.3) is 0 Å². The van der Waals surface area contributed by atoms with Crippen molar-refractivity contribution >= 4 is 0 Å². The van der Waals surface area contributed by atoms with Gasteiger partial charge in [-0.2, -0.15) is 0 Å². The van der Waals surface area contributed by atoms with Crippen LogP contribution in [0, 0.1) is 0 Å². The van der Waals surface area contributed by atoms with E-state index in [1.165, 1.54) is 0 Å². The van der Waals surface area contributed by atoms with Crippen LogP contribution in [0.1, 0.15) is 0 Å². The molecule has 2 heteroatoms. The van der Waals surface area contributed by atoms with E-state index in [-0.39, 0.29) is 0 Å². The van der Waals surface area contributed by atoms with Crippen LogP contribution in [0.4, 0.5) is 0 Å². The molecule has 10 heavy (non-hydrogen) atoms. The molecule has 0 radical (unpaired) electrons. The van der Waals surface area contributed by atoms with Gasteiger partial charge in [0.05, 0.1) is 6.26 Å². The van der Waals surface area contributed by atoms with Gasteiger partial charge in [-0.1, -0.05) is 6.08 Å². The average Bonchev–Trinajstić information content (AvgIpc) is 1.88. The van der Waals surface area contributed by atoms with Crippen molar-refractivity contribution in [3.8, 4) is 0 Å². The monoisotopic (exact) mass is 137 g/mol. The molecule has 1 aliphatic heterocycles. The lowest BCUT2D eigenvalue weighted by atomic mass is 10.4. The first-order valence-electron chi connectivity index (χ1n) is 3.17. The highest BCUT2D eigenvalue weighted by Crippen LogP contribution is 2.05. The number of nitrogens with zero attached hydrogens (tertiary/aromatic N) is 1. The molecule has 0 saturated heterocycles. The van der Waals surface area contributed by atoms with Gasteiger partial charge in [0.1, 0.15) is 5.76 Å². The molecule has 0 fully saturated rings. The minimum Gasteiger partial charge on any atom is -0.463 e. The van der Waals surface area contributed by atoms with Crippen LogP contribution in [-0.2, 0) is 4.74 Å². The van der Waals surface area contributed by atoms with Gasteiger partial charge in [0.2, 0.25) is 0 Å². The maximum Gasteiger partial charge on any atom is 0.142 e. The maximum absolute atomic E-state index is 5.14. The largest absolute Gasteiger partial charge is 0.463 e. The van der Waals surface area contributed by atoms with Gasteiger partial charge in [-0.25, -0.2) is 0 Å². The Labute approximate surface area is 61.1 Å². The second-order valence-corrected chi connectivity index (χ2v) is 2.30. The Hall–Kier alpha value is -1.18. The topological polar surface area (TPSA) is 12.5 Å². The lowest BCUT2D eigenvalue weighted by molar-refractivity contribution is 0.350. The molecule has 0 aromatic carbocycles. The van der Waals surface area contributed by atoms with Crippen molar-refractivity contribution < 1.29 is 4.74 Å². The Balaban J connectivity index is 2.58. The summed E-state index contributed by atoms with van der Waals surface area (Å²) in [6.07, 6.45) is 9.29. The van der Waals surface area contributed by atoms with Gasteiger partial charge in [0.15, 0.2) is 0 Å². The molecule has 54 valence electrons. The fourth-order valence-electron chi connectivity index (χ4n) is 0.681. The molecule has 0 spiro atoms. The molecule has 0 aromatic rings. The van der Waals surface area contributed by atoms with E-state index in [0.717, 1.165) is 5.76 Å². The number of ether oxygens (including phenoxy) is 1. The molecule has 0 saturated carbocycles. The first-order valence-corrected chi connectivity index (χ1v) is 3.17. The van der Waals surface area contributed by atoms with Crippen LogP contribution < -0.4 is 0 Å². The summed E-state index contributed by atoms with van der Waals surface area (Å²) >= 11 is 0. The van der Waals surface area contributed by atoms with Crippen molar-refractivity contribution in [1.82, 2.24) is 4.90 Å². The molecule has 1 aliphatic rings. The lowest BCUT2D eigenvalue weighted by Gasteiger charge is -2.08. The fraction of sp³-hybridized carbons (Fsp3) is 0.250. The highest BCUT2D eigenvalue weighted by atomic mass is 16.5. The van der Waals surface area contributed by atoms with Crippen LogP contribution in [-0.4, -0.2) is 19.0 Å².